The van der Waals surface area contributed by atoms with Gasteiger partial charge in [0.2, 0.25) is 0 Å². The van der Waals surface area contributed by atoms with Gasteiger partial charge < -0.3 is 10.0 Å². The number of β-amino-alcohol motifs (C(OH)–C–C–N with tert-alkyl or cyclic N) is 1. The molecule has 0 saturated carbocycles. The average Bonchev–Trinajstić information content (AvgIpc) is 2.78. The molecule has 1 N–H and O–H groups in total. The van der Waals surface area contributed by atoms with Crippen LogP contribution < -0.4 is 0 Å². The minimum Gasteiger partial charge on any atom is -0.388 e. The number of aromatic nitrogens is 2. The van der Waals surface area contributed by atoms with Crippen LogP contribution in [0.2, 0.25) is 0 Å². The fourth-order valence-corrected chi connectivity index (χ4v) is 2.34. The lowest BCUT2D eigenvalue weighted by Crippen LogP contribution is -2.34. The van der Waals surface area contributed by atoms with Crippen molar-refractivity contribution in [3.8, 4) is 0 Å². The van der Waals surface area contributed by atoms with Crippen molar-refractivity contribution in [3.05, 3.63) is 36.2 Å². The van der Waals surface area contributed by atoms with Gasteiger partial charge in [-0.15, -0.1) is 0 Å². The van der Waals surface area contributed by atoms with Gasteiger partial charge in [0, 0.05) is 13.1 Å². The molecule has 0 spiro atoms. The van der Waals surface area contributed by atoms with Gasteiger partial charge in [-0.1, -0.05) is 12.1 Å². The third-order valence-electron chi connectivity index (χ3n) is 3.41. The maximum absolute atomic E-state index is 12.3. The first kappa shape index (κ1) is 12.0. The van der Waals surface area contributed by atoms with E-state index in [1.165, 1.54) is 6.20 Å². The van der Waals surface area contributed by atoms with Crippen LogP contribution in [0.15, 0.2) is 30.5 Å². The van der Waals surface area contributed by atoms with Crippen molar-refractivity contribution < 1.29 is 9.90 Å². The lowest BCUT2D eigenvalue weighted by atomic mass is 10.1. The number of carbonyl (C=O) groups excluding carboxylic acids is 1. The second-order valence-corrected chi connectivity index (χ2v) is 5.22. The van der Waals surface area contributed by atoms with E-state index in [9.17, 15) is 9.90 Å². The molecule has 1 saturated heterocycles. The number of aliphatic hydroxyl groups is 1. The normalized spacial score (nSPS) is 22.9. The largest absolute Gasteiger partial charge is 0.388 e. The lowest BCUT2D eigenvalue weighted by molar-refractivity contribution is 0.0569. The molecule has 0 bridgehead atoms. The van der Waals surface area contributed by atoms with Gasteiger partial charge in [-0.25, -0.2) is 4.98 Å². The summed E-state index contributed by atoms with van der Waals surface area (Å²) >= 11 is 0. The van der Waals surface area contributed by atoms with Crippen LogP contribution in [-0.2, 0) is 0 Å². The molecule has 1 atom stereocenters. The van der Waals surface area contributed by atoms with E-state index in [2.05, 4.69) is 9.97 Å². The minimum atomic E-state index is -0.792. The van der Waals surface area contributed by atoms with Gasteiger partial charge in [-0.2, -0.15) is 0 Å². The Balaban J connectivity index is 1.90. The number of fused-ring (bicyclic) bond motifs is 1. The van der Waals surface area contributed by atoms with Crippen LogP contribution in [0.3, 0.4) is 0 Å². The zero-order valence-corrected chi connectivity index (χ0v) is 10.7. The fraction of sp³-hybridized carbons (Fsp3) is 0.357. The number of nitrogens with zero attached hydrogens (tertiary/aromatic N) is 3. The standard InChI is InChI=1S/C14H15N3O2/c1-14(19)6-7-17(9-14)13(18)12-8-15-10-4-2-3-5-11(10)16-12/h2-5,8,19H,6-7,9H2,1H3. The molecule has 5 heteroatoms. The Morgan fingerprint density at radius 3 is 2.79 bits per heavy atom. The summed E-state index contributed by atoms with van der Waals surface area (Å²) in [5.74, 6) is -0.170. The summed E-state index contributed by atoms with van der Waals surface area (Å²) in [7, 11) is 0. The highest BCUT2D eigenvalue weighted by Gasteiger charge is 2.34. The molecule has 98 valence electrons. The molecule has 1 aliphatic rings. The van der Waals surface area contributed by atoms with Crippen LogP contribution in [-0.4, -0.2) is 44.6 Å². The first-order chi connectivity index (χ1) is 9.05. The van der Waals surface area contributed by atoms with Gasteiger partial charge in [0.1, 0.15) is 5.69 Å². The van der Waals surface area contributed by atoms with Crippen molar-refractivity contribution >= 4 is 16.9 Å². The zero-order chi connectivity index (χ0) is 13.5. The van der Waals surface area contributed by atoms with Gasteiger partial charge in [0.05, 0.1) is 22.8 Å². The highest BCUT2D eigenvalue weighted by molar-refractivity contribution is 5.94. The summed E-state index contributed by atoms with van der Waals surface area (Å²) in [6, 6.07) is 7.44. The molecule has 19 heavy (non-hydrogen) atoms. The molecule has 3 rings (SSSR count). The van der Waals surface area contributed by atoms with Gasteiger partial charge in [-0.05, 0) is 25.5 Å². The van der Waals surface area contributed by atoms with E-state index in [4.69, 9.17) is 0 Å². The second-order valence-electron chi connectivity index (χ2n) is 5.22. The van der Waals surface area contributed by atoms with Crippen molar-refractivity contribution in [1.29, 1.82) is 0 Å². The van der Waals surface area contributed by atoms with Gasteiger partial charge in [0.15, 0.2) is 0 Å². The Bertz CT molecular complexity index is 639. The molecule has 1 fully saturated rings. The van der Waals surface area contributed by atoms with Crippen LogP contribution in [0.5, 0.6) is 0 Å². The van der Waals surface area contributed by atoms with E-state index in [-0.39, 0.29) is 5.91 Å². The van der Waals surface area contributed by atoms with Crippen LogP contribution in [0, 0.1) is 0 Å². The number of carbonyl (C=O) groups is 1. The molecule has 1 aliphatic heterocycles. The third kappa shape index (κ3) is 2.29. The monoisotopic (exact) mass is 257 g/mol. The second kappa shape index (κ2) is 4.28. The molecule has 1 unspecified atom stereocenters. The van der Waals surface area contributed by atoms with Crippen molar-refractivity contribution in [2.75, 3.05) is 13.1 Å². The lowest BCUT2D eigenvalue weighted by Gasteiger charge is -2.18. The molecule has 1 amide bonds. The number of likely N-dealkylation sites (tertiary alicyclic amines) is 1. The fourth-order valence-electron chi connectivity index (χ4n) is 2.34. The van der Waals surface area contributed by atoms with E-state index in [0.29, 0.717) is 30.7 Å². The first-order valence-electron chi connectivity index (χ1n) is 6.29. The molecular weight excluding hydrogens is 242 g/mol. The SMILES string of the molecule is CC1(O)CCN(C(=O)c2cnc3ccccc3n2)C1. The van der Waals surface area contributed by atoms with Crippen molar-refractivity contribution in [3.63, 3.8) is 0 Å². The summed E-state index contributed by atoms with van der Waals surface area (Å²) in [5.41, 5.74) is 1.02. The summed E-state index contributed by atoms with van der Waals surface area (Å²) in [5, 5.41) is 9.90. The van der Waals surface area contributed by atoms with E-state index in [1.807, 2.05) is 24.3 Å². The Labute approximate surface area is 110 Å². The van der Waals surface area contributed by atoms with Gasteiger partial charge >= 0.3 is 0 Å². The van der Waals surface area contributed by atoms with Crippen LogP contribution in [0.25, 0.3) is 11.0 Å². The molecule has 5 nitrogen and oxygen atoms in total. The topological polar surface area (TPSA) is 66.3 Å². The molecule has 0 radical (unpaired) electrons. The van der Waals surface area contributed by atoms with E-state index < -0.39 is 5.60 Å². The number of amides is 1. The molecule has 2 heterocycles. The van der Waals surface area contributed by atoms with E-state index >= 15 is 0 Å². The Morgan fingerprint density at radius 2 is 2.11 bits per heavy atom. The summed E-state index contributed by atoms with van der Waals surface area (Å²) in [6.07, 6.45) is 2.09. The number of benzene rings is 1. The summed E-state index contributed by atoms with van der Waals surface area (Å²) in [4.78, 5) is 22.5. The number of hydrogen-bond acceptors (Lipinski definition) is 4. The quantitative estimate of drug-likeness (QED) is 0.834. The average molecular weight is 257 g/mol. The Hall–Kier alpha value is -2.01. The van der Waals surface area contributed by atoms with Crippen molar-refractivity contribution in [2.45, 2.75) is 18.9 Å². The molecule has 1 aromatic carbocycles. The van der Waals surface area contributed by atoms with E-state index in [1.54, 1.807) is 11.8 Å². The van der Waals surface area contributed by atoms with E-state index in [0.717, 1.165) is 5.52 Å². The van der Waals surface area contributed by atoms with Gasteiger partial charge in [0.25, 0.3) is 5.91 Å². The smallest absolute Gasteiger partial charge is 0.274 e. The Morgan fingerprint density at radius 1 is 1.37 bits per heavy atom. The number of hydrogen-bond donors (Lipinski definition) is 1. The number of rotatable bonds is 1. The third-order valence-corrected chi connectivity index (χ3v) is 3.41. The van der Waals surface area contributed by atoms with Crippen LogP contribution in [0.4, 0.5) is 0 Å². The first-order valence-corrected chi connectivity index (χ1v) is 6.29. The highest BCUT2D eigenvalue weighted by atomic mass is 16.3. The molecule has 2 aromatic rings. The maximum Gasteiger partial charge on any atom is 0.274 e. The van der Waals surface area contributed by atoms with Gasteiger partial charge in [-0.3, -0.25) is 9.78 Å². The van der Waals surface area contributed by atoms with Crippen LogP contribution >= 0.6 is 0 Å². The Kier molecular flexibility index (Phi) is 2.71. The number of para-hydroxylation sites is 2. The molecular formula is C14H15N3O2. The van der Waals surface area contributed by atoms with Crippen LogP contribution in [0.1, 0.15) is 23.8 Å². The van der Waals surface area contributed by atoms with Crippen molar-refractivity contribution in [1.82, 2.24) is 14.9 Å². The predicted octanol–water partition coefficient (Wildman–Crippen LogP) is 1.23. The summed E-state index contributed by atoms with van der Waals surface area (Å²) in [6.45, 7) is 2.65. The minimum absolute atomic E-state index is 0.170. The molecule has 1 aromatic heterocycles. The summed E-state index contributed by atoms with van der Waals surface area (Å²) < 4.78 is 0. The molecule has 0 aliphatic carbocycles. The zero-order valence-electron chi connectivity index (χ0n) is 10.7. The van der Waals surface area contributed by atoms with Crippen molar-refractivity contribution in [2.24, 2.45) is 0 Å². The maximum atomic E-state index is 12.3. The highest BCUT2D eigenvalue weighted by Crippen LogP contribution is 2.21. The predicted molar refractivity (Wildman–Crippen MR) is 70.7 cm³/mol.